The highest BCUT2D eigenvalue weighted by molar-refractivity contribution is 5.77. The van der Waals surface area contributed by atoms with Crippen molar-refractivity contribution in [3.8, 4) is 5.75 Å². The first-order valence-corrected chi connectivity index (χ1v) is 6.58. The van der Waals surface area contributed by atoms with Gasteiger partial charge in [-0.25, -0.2) is 0 Å². The lowest BCUT2D eigenvalue weighted by molar-refractivity contribution is -0.137. The smallest absolute Gasteiger partial charge is 0.416 e. The number of amides is 1. The molecule has 0 saturated heterocycles. The van der Waals surface area contributed by atoms with E-state index in [1.54, 1.807) is 0 Å². The molecule has 1 fully saturated rings. The molecule has 0 aliphatic heterocycles. The van der Waals surface area contributed by atoms with Crippen LogP contribution in [0.25, 0.3) is 0 Å². The molecule has 1 aromatic rings. The molecule has 0 aromatic heterocycles. The number of rotatable bonds is 5. The Kier molecular flexibility index (Phi) is 4.41. The van der Waals surface area contributed by atoms with E-state index in [0.29, 0.717) is 12.8 Å². The minimum absolute atomic E-state index is 0.0256. The van der Waals surface area contributed by atoms with Crippen molar-refractivity contribution in [3.63, 3.8) is 0 Å². The van der Waals surface area contributed by atoms with Crippen molar-refractivity contribution < 1.29 is 27.8 Å². The maximum absolute atomic E-state index is 12.5. The Bertz CT molecular complexity index is 512. The van der Waals surface area contributed by atoms with Gasteiger partial charge in [0, 0.05) is 6.54 Å². The zero-order valence-corrected chi connectivity index (χ0v) is 11.2. The Morgan fingerprint density at radius 3 is 2.67 bits per heavy atom. The molecule has 0 radical (unpaired) electrons. The van der Waals surface area contributed by atoms with Crippen molar-refractivity contribution in [1.82, 2.24) is 5.32 Å². The summed E-state index contributed by atoms with van der Waals surface area (Å²) < 4.78 is 42.5. The molecule has 0 spiro atoms. The van der Waals surface area contributed by atoms with Gasteiger partial charge in [0.2, 0.25) is 0 Å². The van der Waals surface area contributed by atoms with E-state index in [1.165, 1.54) is 12.1 Å². The number of ether oxygens (including phenoxy) is 1. The average molecular weight is 303 g/mol. The Hall–Kier alpha value is -1.76. The minimum Gasteiger partial charge on any atom is -0.484 e. The number of aliphatic hydroxyl groups is 1. The van der Waals surface area contributed by atoms with Crippen LogP contribution >= 0.6 is 0 Å². The molecule has 7 heteroatoms. The van der Waals surface area contributed by atoms with Gasteiger partial charge in [0.15, 0.2) is 6.61 Å². The molecule has 1 amide bonds. The maximum Gasteiger partial charge on any atom is 0.416 e. The van der Waals surface area contributed by atoms with Gasteiger partial charge in [0.05, 0.1) is 11.2 Å². The van der Waals surface area contributed by atoms with Gasteiger partial charge in [-0.15, -0.1) is 0 Å². The van der Waals surface area contributed by atoms with Crippen LogP contribution in [-0.2, 0) is 11.0 Å². The van der Waals surface area contributed by atoms with Gasteiger partial charge >= 0.3 is 6.18 Å². The molecular weight excluding hydrogens is 287 g/mol. The summed E-state index contributed by atoms with van der Waals surface area (Å²) in [4.78, 5) is 11.5. The highest BCUT2D eigenvalue weighted by atomic mass is 19.4. The van der Waals surface area contributed by atoms with Crippen LogP contribution in [0.15, 0.2) is 24.3 Å². The van der Waals surface area contributed by atoms with Crippen LogP contribution in [0, 0.1) is 0 Å². The predicted molar refractivity (Wildman–Crippen MR) is 68.7 cm³/mol. The summed E-state index contributed by atoms with van der Waals surface area (Å²) in [6.45, 7) is -0.255. The average Bonchev–Trinajstić information content (AvgIpc) is 2.40. The van der Waals surface area contributed by atoms with E-state index < -0.39 is 29.9 Å². The van der Waals surface area contributed by atoms with Crippen molar-refractivity contribution in [2.75, 3.05) is 13.2 Å². The summed E-state index contributed by atoms with van der Waals surface area (Å²) in [5.74, 6) is -0.505. The second-order valence-electron chi connectivity index (χ2n) is 5.17. The first-order valence-electron chi connectivity index (χ1n) is 6.58. The van der Waals surface area contributed by atoms with Crippen molar-refractivity contribution in [3.05, 3.63) is 29.8 Å². The van der Waals surface area contributed by atoms with Crippen LogP contribution in [0.5, 0.6) is 5.75 Å². The lowest BCUT2D eigenvalue weighted by Gasteiger charge is -2.36. The molecule has 21 heavy (non-hydrogen) atoms. The quantitative estimate of drug-likeness (QED) is 0.876. The van der Waals surface area contributed by atoms with Gasteiger partial charge in [-0.1, -0.05) is 6.07 Å². The number of benzene rings is 1. The Labute approximate surface area is 119 Å². The SMILES string of the molecule is O=C(COc1cccc(C(F)(F)F)c1)NCC1(O)CCC1. The number of hydrogen-bond acceptors (Lipinski definition) is 3. The molecule has 0 heterocycles. The van der Waals surface area contributed by atoms with Crippen LogP contribution < -0.4 is 10.1 Å². The normalized spacial score (nSPS) is 17.0. The van der Waals surface area contributed by atoms with Crippen LogP contribution in [0.4, 0.5) is 13.2 Å². The summed E-state index contributed by atoms with van der Waals surface area (Å²) in [6.07, 6.45) is -2.24. The molecule has 1 aliphatic carbocycles. The van der Waals surface area contributed by atoms with E-state index in [2.05, 4.69) is 5.32 Å². The van der Waals surface area contributed by atoms with Gasteiger partial charge in [0.25, 0.3) is 5.91 Å². The molecule has 2 N–H and O–H groups in total. The van der Waals surface area contributed by atoms with Gasteiger partial charge < -0.3 is 15.2 Å². The molecule has 1 aliphatic rings. The fourth-order valence-corrected chi connectivity index (χ4v) is 1.99. The highest BCUT2D eigenvalue weighted by Gasteiger charge is 2.34. The van der Waals surface area contributed by atoms with E-state index in [4.69, 9.17) is 4.74 Å². The summed E-state index contributed by atoms with van der Waals surface area (Å²) in [5.41, 5.74) is -1.67. The summed E-state index contributed by atoms with van der Waals surface area (Å²) in [7, 11) is 0. The molecule has 1 saturated carbocycles. The van der Waals surface area contributed by atoms with Crippen molar-refractivity contribution >= 4 is 5.91 Å². The third kappa shape index (κ3) is 4.35. The van der Waals surface area contributed by atoms with Crippen LogP contribution in [0.3, 0.4) is 0 Å². The minimum atomic E-state index is -4.45. The third-order valence-corrected chi connectivity index (χ3v) is 3.43. The maximum atomic E-state index is 12.5. The number of alkyl halides is 3. The van der Waals surface area contributed by atoms with E-state index in [9.17, 15) is 23.1 Å². The number of halogens is 3. The molecular formula is C14H16F3NO3. The number of hydrogen-bond donors (Lipinski definition) is 2. The zero-order valence-electron chi connectivity index (χ0n) is 11.2. The topological polar surface area (TPSA) is 58.6 Å². The number of carbonyl (C=O) groups is 1. The van der Waals surface area contributed by atoms with E-state index in [0.717, 1.165) is 18.6 Å². The van der Waals surface area contributed by atoms with Gasteiger partial charge in [0.1, 0.15) is 5.75 Å². The monoisotopic (exact) mass is 303 g/mol. The third-order valence-electron chi connectivity index (χ3n) is 3.43. The van der Waals surface area contributed by atoms with Gasteiger partial charge in [-0.3, -0.25) is 4.79 Å². The predicted octanol–water partition coefficient (Wildman–Crippen LogP) is 2.12. The molecule has 0 unspecified atom stereocenters. The molecule has 0 atom stereocenters. The van der Waals surface area contributed by atoms with Gasteiger partial charge in [-0.2, -0.15) is 13.2 Å². The zero-order chi connectivity index (χ0) is 15.5. The van der Waals surface area contributed by atoms with Crippen LogP contribution in [-0.4, -0.2) is 29.8 Å². The first-order chi connectivity index (χ1) is 9.78. The number of nitrogens with one attached hydrogen (secondary N) is 1. The van der Waals surface area contributed by atoms with Crippen LogP contribution in [0.1, 0.15) is 24.8 Å². The molecule has 116 valence electrons. The first kappa shape index (κ1) is 15.6. The Morgan fingerprint density at radius 1 is 1.38 bits per heavy atom. The van der Waals surface area contributed by atoms with Crippen molar-refractivity contribution in [2.45, 2.75) is 31.0 Å². The molecule has 4 nitrogen and oxygen atoms in total. The lowest BCUT2D eigenvalue weighted by Crippen LogP contribution is -2.48. The van der Waals surface area contributed by atoms with E-state index in [1.807, 2.05) is 0 Å². The Morgan fingerprint density at radius 2 is 2.10 bits per heavy atom. The summed E-state index contributed by atoms with van der Waals surface area (Å²) in [6, 6.07) is 4.33. The van der Waals surface area contributed by atoms with Crippen molar-refractivity contribution in [1.29, 1.82) is 0 Å². The standard InChI is InChI=1S/C14H16F3NO3/c15-14(16,17)10-3-1-4-11(7-10)21-8-12(19)18-9-13(20)5-2-6-13/h1,3-4,7,20H,2,5-6,8-9H2,(H,18,19). The summed E-state index contributed by atoms with van der Waals surface area (Å²) in [5, 5.41) is 12.3. The van der Waals surface area contributed by atoms with E-state index >= 15 is 0 Å². The fourth-order valence-electron chi connectivity index (χ4n) is 1.99. The molecule has 2 rings (SSSR count). The lowest BCUT2D eigenvalue weighted by atomic mass is 9.80. The van der Waals surface area contributed by atoms with Gasteiger partial charge in [-0.05, 0) is 37.5 Å². The second kappa shape index (κ2) is 5.93. The number of carbonyl (C=O) groups excluding carboxylic acids is 1. The Balaban J connectivity index is 1.81. The van der Waals surface area contributed by atoms with Crippen molar-refractivity contribution in [2.24, 2.45) is 0 Å². The van der Waals surface area contributed by atoms with E-state index in [-0.39, 0.29) is 12.3 Å². The molecule has 1 aromatic carbocycles. The highest BCUT2D eigenvalue weighted by Crippen LogP contribution is 2.31. The second-order valence-corrected chi connectivity index (χ2v) is 5.17. The largest absolute Gasteiger partial charge is 0.484 e. The summed E-state index contributed by atoms with van der Waals surface area (Å²) >= 11 is 0. The fraction of sp³-hybridized carbons (Fsp3) is 0.500. The van der Waals surface area contributed by atoms with Crippen LogP contribution in [0.2, 0.25) is 0 Å². The molecule has 0 bridgehead atoms.